The number of rotatable bonds is 2. The van der Waals surface area contributed by atoms with E-state index in [1.54, 1.807) is 6.92 Å². The molecule has 0 aromatic carbocycles. The lowest BCUT2D eigenvalue weighted by Gasteiger charge is -2.29. The van der Waals surface area contributed by atoms with Crippen molar-refractivity contribution in [2.24, 2.45) is 5.92 Å². The molecule has 0 heterocycles. The van der Waals surface area contributed by atoms with Gasteiger partial charge in [-0.25, -0.2) is 0 Å². The van der Waals surface area contributed by atoms with Crippen LogP contribution in [0.5, 0.6) is 0 Å². The SMILES string of the molecule is CCNC(=O)C(=O)NC1CCCCC1C. The summed E-state index contributed by atoms with van der Waals surface area (Å²) in [6, 6.07) is 0.175. The van der Waals surface area contributed by atoms with E-state index in [4.69, 9.17) is 0 Å². The van der Waals surface area contributed by atoms with Crippen LogP contribution in [0.15, 0.2) is 0 Å². The topological polar surface area (TPSA) is 58.2 Å². The molecule has 0 aromatic rings. The Bertz CT molecular complexity index is 241. The quantitative estimate of drug-likeness (QED) is 0.666. The van der Waals surface area contributed by atoms with Crippen molar-refractivity contribution in [2.75, 3.05) is 6.54 Å². The van der Waals surface area contributed by atoms with Crippen molar-refractivity contribution in [3.63, 3.8) is 0 Å². The second-order valence-electron chi connectivity index (χ2n) is 4.20. The lowest BCUT2D eigenvalue weighted by molar-refractivity contribution is -0.139. The van der Waals surface area contributed by atoms with Gasteiger partial charge < -0.3 is 10.6 Å². The van der Waals surface area contributed by atoms with Gasteiger partial charge in [-0.1, -0.05) is 19.8 Å². The molecule has 0 aliphatic heterocycles. The van der Waals surface area contributed by atoms with Crippen LogP contribution < -0.4 is 10.6 Å². The highest BCUT2D eigenvalue weighted by Gasteiger charge is 2.24. The van der Waals surface area contributed by atoms with Gasteiger partial charge >= 0.3 is 11.8 Å². The Hall–Kier alpha value is -1.06. The van der Waals surface area contributed by atoms with Gasteiger partial charge in [-0.2, -0.15) is 0 Å². The number of nitrogens with one attached hydrogen (secondary N) is 2. The number of hydrogen-bond donors (Lipinski definition) is 2. The normalized spacial score (nSPS) is 25.7. The highest BCUT2D eigenvalue weighted by Crippen LogP contribution is 2.23. The molecule has 2 N–H and O–H groups in total. The summed E-state index contributed by atoms with van der Waals surface area (Å²) in [5, 5.41) is 5.30. The molecular weight excluding hydrogens is 192 g/mol. The maximum atomic E-state index is 11.4. The minimum atomic E-state index is -0.518. The Labute approximate surface area is 90.8 Å². The lowest BCUT2D eigenvalue weighted by atomic mass is 9.86. The smallest absolute Gasteiger partial charge is 0.309 e. The van der Waals surface area contributed by atoms with Crippen molar-refractivity contribution in [3.8, 4) is 0 Å². The first-order valence-electron chi connectivity index (χ1n) is 5.73. The number of carbonyl (C=O) groups excluding carboxylic acids is 2. The molecule has 2 atom stereocenters. The molecule has 1 aliphatic rings. The van der Waals surface area contributed by atoms with Gasteiger partial charge in [0.2, 0.25) is 0 Å². The highest BCUT2D eigenvalue weighted by atomic mass is 16.2. The third-order valence-corrected chi connectivity index (χ3v) is 2.97. The summed E-state index contributed by atoms with van der Waals surface area (Å²) >= 11 is 0. The lowest BCUT2D eigenvalue weighted by Crippen LogP contribution is -2.47. The average molecular weight is 212 g/mol. The van der Waals surface area contributed by atoms with Gasteiger partial charge in [-0.05, 0) is 25.7 Å². The zero-order valence-corrected chi connectivity index (χ0v) is 9.51. The summed E-state index contributed by atoms with van der Waals surface area (Å²) in [5.74, 6) is -0.525. The van der Waals surface area contributed by atoms with Gasteiger partial charge in [-0.15, -0.1) is 0 Å². The van der Waals surface area contributed by atoms with Crippen LogP contribution in [0.2, 0.25) is 0 Å². The van der Waals surface area contributed by atoms with E-state index >= 15 is 0 Å². The first kappa shape index (κ1) is 12.0. The molecule has 0 saturated heterocycles. The van der Waals surface area contributed by atoms with Crippen molar-refractivity contribution in [1.82, 2.24) is 10.6 Å². The minimum absolute atomic E-state index is 0.175. The Morgan fingerprint density at radius 1 is 1.20 bits per heavy atom. The highest BCUT2D eigenvalue weighted by molar-refractivity contribution is 6.35. The fourth-order valence-corrected chi connectivity index (χ4v) is 2.01. The fraction of sp³-hybridized carbons (Fsp3) is 0.818. The van der Waals surface area contributed by atoms with Crippen molar-refractivity contribution in [1.29, 1.82) is 0 Å². The van der Waals surface area contributed by atoms with Crippen LogP contribution in [0, 0.1) is 5.92 Å². The first-order valence-corrected chi connectivity index (χ1v) is 5.73. The summed E-state index contributed by atoms with van der Waals surface area (Å²) in [6.07, 6.45) is 4.51. The summed E-state index contributed by atoms with van der Waals surface area (Å²) in [7, 11) is 0. The molecule has 2 amide bonds. The predicted molar refractivity (Wildman–Crippen MR) is 58.2 cm³/mol. The van der Waals surface area contributed by atoms with E-state index in [9.17, 15) is 9.59 Å². The van der Waals surface area contributed by atoms with Gasteiger partial charge in [0.15, 0.2) is 0 Å². The first-order chi connectivity index (χ1) is 7.15. The maximum Gasteiger partial charge on any atom is 0.309 e. The van der Waals surface area contributed by atoms with Crippen LogP contribution in [0.4, 0.5) is 0 Å². The van der Waals surface area contributed by atoms with Gasteiger partial charge in [0.05, 0.1) is 0 Å². The van der Waals surface area contributed by atoms with E-state index in [0.717, 1.165) is 19.3 Å². The predicted octanol–water partition coefficient (Wildman–Crippen LogP) is 0.817. The van der Waals surface area contributed by atoms with Crippen LogP contribution >= 0.6 is 0 Å². The molecule has 1 saturated carbocycles. The number of hydrogen-bond acceptors (Lipinski definition) is 2. The van der Waals surface area contributed by atoms with Crippen molar-refractivity contribution in [3.05, 3.63) is 0 Å². The Balaban J connectivity index is 2.39. The number of carbonyl (C=O) groups is 2. The van der Waals surface area contributed by atoms with E-state index in [-0.39, 0.29) is 6.04 Å². The van der Waals surface area contributed by atoms with Crippen LogP contribution in [0.3, 0.4) is 0 Å². The summed E-state index contributed by atoms with van der Waals surface area (Å²) in [6.45, 7) is 4.42. The van der Waals surface area contributed by atoms with E-state index in [0.29, 0.717) is 12.5 Å². The van der Waals surface area contributed by atoms with E-state index in [2.05, 4.69) is 17.6 Å². The van der Waals surface area contributed by atoms with Crippen LogP contribution in [-0.2, 0) is 9.59 Å². The molecule has 0 radical (unpaired) electrons. The third kappa shape index (κ3) is 3.53. The molecule has 4 nitrogen and oxygen atoms in total. The van der Waals surface area contributed by atoms with Gasteiger partial charge in [-0.3, -0.25) is 9.59 Å². The van der Waals surface area contributed by atoms with Gasteiger partial charge in [0, 0.05) is 12.6 Å². The summed E-state index contributed by atoms with van der Waals surface area (Å²) in [4.78, 5) is 22.6. The number of amides is 2. The van der Waals surface area contributed by atoms with Crippen molar-refractivity contribution < 1.29 is 9.59 Å². The van der Waals surface area contributed by atoms with E-state index < -0.39 is 11.8 Å². The minimum Gasteiger partial charge on any atom is -0.348 e. The zero-order valence-electron chi connectivity index (χ0n) is 9.51. The molecule has 0 aromatic heterocycles. The monoisotopic (exact) mass is 212 g/mol. The van der Waals surface area contributed by atoms with E-state index in [1.807, 2.05) is 0 Å². The van der Waals surface area contributed by atoms with Crippen LogP contribution in [-0.4, -0.2) is 24.4 Å². The molecule has 1 aliphatic carbocycles. The van der Waals surface area contributed by atoms with E-state index in [1.165, 1.54) is 6.42 Å². The average Bonchev–Trinajstić information content (AvgIpc) is 2.21. The molecule has 1 fully saturated rings. The zero-order chi connectivity index (χ0) is 11.3. The van der Waals surface area contributed by atoms with Crippen LogP contribution in [0.1, 0.15) is 39.5 Å². The molecule has 1 rings (SSSR count). The Morgan fingerprint density at radius 2 is 1.87 bits per heavy atom. The van der Waals surface area contributed by atoms with Crippen LogP contribution in [0.25, 0.3) is 0 Å². The van der Waals surface area contributed by atoms with Gasteiger partial charge in [0.1, 0.15) is 0 Å². The third-order valence-electron chi connectivity index (χ3n) is 2.97. The molecule has 0 spiro atoms. The molecular formula is C11H20N2O2. The van der Waals surface area contributed by atoms with Gasteiger partial charge in [0.25, 0.3) is 0 Å². The number of likely N-dealkylation sites (N-methyl/N-ethyl adjacent to an activating group) is 1. The molecule has 15 heavy (non-hydrogen) atoms. The largest absolute Gasteiger partial charge is 0.348 e. The molecule has 2 unspecified atom stereocenters. The summed E-state index contributed by atoms with van der Waals surface area (Å²) in [5.41, 5.74) is 0. The van der Waals surface area contributed by atoms with Crippen molar-refractivity contribution in [2.45, 2.75) is 45.6 Å². The van der Waals surface area contributed by atoms with Crippen molar-refractivity contribution >= 4 is 11.8 Å². The standard InChI is InChI=1S/C11H20N2O2/c1-3-12-10(14)11(15)13-9-7-5-4-6-8(9)2/h8-9H,3-7H2,1-2H3,(H,12,14)(H,13,15). The Morgan fingerprint density at radius 3 is 2.47 bits per heavy atom. The molecule has 4 heteroatoms. The molecule has 86 valence electrons. The second-order valence-corrected chi connectivity index (χ2v) is 4.20. The second kappa shape index (κ2) is 5.73. The molecule has 0 bridgehead atoms. The maximum absolute atomic E-state index is 11.4. The Kier molecular flexibility index (Phi) is 4.59. The fourth-order valence-electron chi connectivity index (χ4n) is 2.01. The summed E-state index contributed by atoms with van der Waals surface area (Å²) < 4.78 is 0.